The molecule has 4 nitrogen and oxygen atoms in total. The molecule has 0 bridgehead atoms. The Labute approximate surface area is 170 Å². The van der Waals surface area contributed by atoms with Gasteiger partial charge in [0.15, 0.2) is 11.6 Å². The Kier molecular flexibility index (Phi) is 6.75. The molecule has 140 valence electrons. The number of anilines is 1. The number of benzene rings is 1. The van der Waals surface area contributed by atoms with E-state index >= 15 is 0 Å². The molecule has 1 aliphatic heterocycles. The summed E-state index contributed by atoms with van der Waals surface area (Å²) >= 11 is 2.43. The maximum Gasteiger partial charge on any atom is 0.171 e. The third-order valence-electron chi connectivity index (χ3n) is 4.90. The molecular weight excluding hydrogens is 437 g/mol. The summed E-state index contributed by atoms with van der Waals surface area (Å²) in [5.41, 5.74) is 1.43. The lowest BCUT2D eigenvalue weighted by Crippen LogP contribution is -2.43. The summed E-state index contributed by atoms with van der Waals surface area (Å²) in [6.45, 7) is 7.39. The van der Waals surface area contributed by atoms with Gasteiger partial charge in [0.1, 0.15) is 0 Å². The fourth-order valence-corrected chi connectivity index (χ4v) is 4.06. The summed E-state index contributed by atoms with van der Waals surface area (Å²) < 4.78 is 7.31. The lowest BCUT2D eigenvalue weighted by molar-refractivity contribution is 0.201. The third-order valence-corrected chi connectivity index (χ3v) is 5.96. The maximum absolute atomic E-state index is 5.96. The fourth-order valence-electron chi connectivity index (χ4n) is 3.50. The lowest BCUT2D eigenvalue weighted by Gasteiger charge is -2.37. The van der Waals surface area contributed by atoms with Crippen LogP contribution in [-0.2, 0) is 6.54 Å². The second kappa shape index (κ2) is 9.04. The second-order valence-electron chi connectivity index (χ2n) is 7.20. The predicted molar refractivity (Wildman–Crippen MR) is 116 cm³/mol. The van der Waals surface area contributed by atoms with E-state index in [1.165, 1.54) is 9.13 Å². The molecule has 1 aliphatic rings. The smallest absolute Gasteiger partial charge is 0.171 e. The number of ether oxygens (including phenoxy) is 1. The Hall–Kier alpha value is -1.34. The molecule has 5 heteroatoms. The van der Waals surface area contributed by atoms with Gasteiger partial charge in [-0.25, -0.2) is 4.98 Å². The first kappa shape index (κ1) is 19.4. The number of hydrogen-bond acceptors (Lipinski definition) is 4. The number of aromatic nitrogens is 1. The van der Waals surface area contributed by atoms with Gasteiger partial charge in [0.2, 0.25) is 0 Å². The molecule has 0 radical (unpaired) electrons. The summed E-state index contributed by atoms with van der Waals surface area (Å²) in [6.07, 6.45) is 4.31. The summed E-state index contributed by atoms with van der Waals surface area (Å²) in [6, 6.07) is 13.1. The molecule has 0 spiro atoms. The lowest BCUT2D eigenvalue weighted by atomic mass is 10.0. The van der Waals surface area contributed by atoms with Crippen LogP contribution in [0.5, 0.6) is 5.75 Å². The summed E-state index contributed by atoms with van der Waals surface area (Å²) in [5.74, 6) is 1.84. The highest BCUT2D eigenvalue weighted by Gasteiger charge is 2.25. The Morgan fingerprint density at radius 1 is 1.19 bits per heavy atom. The van der Waals surface area contributed by atoms with E-state index in [1.54, 1.807) is 0 Å². The number of nitrogens with zero attached hydrogens (tertiary/aromatic N) is 3. The number of pyridine rings is 1. The van der Waals surface area contributed by atoms with Gasteiger partial charge in [-0.3, -0.25) is 4.90 Å². The van der Waals surface area contributed by atoms with Crippen LogP contribution in [0, 0.1) is 3.57 Å². The van der Waals surface area contributed by atoms with Crippen LogP contribution in [0.2, 0.25) is 0 Å². The predicted octanol–water partition coefficient (Wildman–Crippen LogP) is 4.57. The Bertz CT molecular complexity index is 714. The van der Waals surface area contributed by atoms with E-state index in [0.29, 0.717) is 6.04 Å². The van der Waals surface area contributed by atoms with Gasteiger partial charge in [-0.05, 0) is 73.0 Å². The molecule has 2 aromatic rings. The molecule has 1 fully saturated rings. The quantitative estimate of drug-likeness (QED) is 0.585. The minimum Gasteiger partial charge on any atom is -0.487 e. The summed E-state index contributed by atoms with van der Waals surface area (Å²) in [7, 11) is 2.15. The van der Waals surface area contributed by atoms with Crippen molar-refractivity contribution in [2.24, 2.45) is 0 Å². The molecule has 3 rings (SSSR count). The average Bonchev–Trinajstić information content (AvgIpc) is 2.64. The van der Waals surface area contributed by atoms with Gasteiger partial charge in [0, 0.05) is 42.5 Å². The Morgan fingerprint density at radius 3 is 2.62 bits per heavy atom. The van der Waals surface area contributed by atoms with E-state index in [2.05, 4.69) is 82.5 Å². The van der Waals surface area contributed by atoms with E-state index in [9.17, 15) is 0 Å². The SMILES string of the molecule is CC(C)Oc1cccnc1N(C)C1CCN(Cc2ccccc2I)CC1. The van der Waals surface area contributed by atoms with Crippen LogP contribution in [0.15, 0.2) is 42.6 Å². The van der Waals surface area contributed by atoms with Crippen LogP contribution in [0.1, 0.15) is 32.3 Å². The zero-order valence-corrected chi connectivity index (χ0v) is 18.0. The first-order valence-electron chi connectivity index (χ1n) is 9.35. The number of rotatable bonds is 6. The van der Waals surface area contributed by atoms with E-state index in [4.69, 9.17) is 4.74 Å². The van der Waals surface area contributed by atoms with Gasteiger partial charge in [-0.2, -0.15) is 0 Å². The third kappa shape index (κ3) is 4.88. The monoisotopic (exact) mass is 465 g/mol. The van der Waals surface area contributed by atoms with Crippen LogP contribution in [0.3, 0.4) is 0 Å². The van der Waals surface area contributed by atoms with E-state index in [0.717, 1.165) is 44.0 Å². The number of likely N-dealkylation sites (tertiary alicyclic amines) is 1. The molecule has 1 aromatic carbocycles. The van der Waals surface area contributed by atoms with Crippen LogP contribution in [-0.4, -0.2) is 42.2 Å². The standard InChI is InChI=1S/C21H28IN3O/c1-16(2)26-20-9-6-12-23-21(20)24(3)18-10-13-25(14-11-18)15-17-7-4-5-8-19(17)22/h4-9,12,16,18H,10-11,13-15H2,1-3H3. The molecule has 0 N–H and O–H groups in total. The Morgan fingerprint density at radius 2 is 1.92 bits per heavy atom. The minimum absolute atomic E-state index is 0.154. The van der Waals surface area contributed by atoms with Crippen molar-refractivity contribution in [2.75, 3.05) is 25.0 Å². The molecule has 1 saturated heterocycles. The van der Waals surface area contributed by atoms with Crippen molar-refractivity contribution >= 4 is 28.4 Å². The first-order chi connectivity index (χ1) is 12.5. The van der Waals surface area contributed by atoms with Crippen LogP contribution in [0.4, 0.5) is 5.82 Å². The Balaban J connectivity index is 1.60. The maximum atomic E-state index is 5.96. The van der Waals surface area contributed by atoms with Gasteiger partial charge in [0.25, 0.3) is 0 Å². The van der Waals surface area contributed by atoms with Crippen LogP contribution in [0.25, 0.3) is 0 Å². The largest absolute Gasteiger partial charge is 0.487 e. The van der Waals surface area contributed by atoms with Crippen molar-refractivity contribution in [1.82, 2.24) is 9.88 Å². The average molecular weight is 465 g/mol. The highest BCUT2D eigenvalue weighted by Crippen LogP contribution is 2.30. The van der Waals surface area contributed by atoms with E-state index in [-0.39, 0.29) is 6.10 Å². The van der Waals surface area contributed by atoms with Crippen molar-refractivity contribution in [2.45, 2.75) is 45.4 Å². The van der Waals surface area contributed by atoms with E-state index < -0.39 is 0 Å². The summed E-state index contributed by atoms with van der Waals surface area (Å²) in [5, 5.41) is 0. The van der Waals surface area contributed by atoms with Crippen molar-refractivity contribution in [1.29, 1.82) is 0 Å². The van der Waals surface area contributed by atoms with Crippen LogP contribution < -0.4 is 9.64 Å². The second-order valence-corrected chi connectivity index (χ2v) is 8.36. The van der Waals surface area contributed by atoms with Crippen molar-refractivity contribution < 1.29 is 4.74 Å². The molecule has 1 aromatic heterocycles. The fraction of sp³-hybridized carbons (Fsp3) is 0.476. The van der Waals surface area contributed by atoms with Gasteiger partial charge >= 0.3 is 0 Å². The topological polar surface area (TPSA) is 28.6 Å². The van der Waals surface area contributed by atoms with Crippen molar-refractivity contribution in [3.8, 4) is 5.75 Å². The molecule has 0 saturated carbocycles. The number of piperidine rings is 1. The highest BCUT2D eigenvalue weighted by molar-refractivity contribution is 14.1. The van der Waals surface area contributed by atoms with E-state index in [1.807, 2.05) is 18.3 Å². The zero-order chi connectivity index (χ0) is 18.5. The molecule has 2 heterocycles. The first-order valence-corrected chi connectivity index (χ1v) is 10.4. The molecular formula is C21H28IN3O. The number of halogens is 1. The minimum atomic E-state index is 0.154. The van der Waals surface area contributed by atoms with Crippen molar-refractivity contribution in [3.05, 3.63) is 51.7 Å². The van der Waals surface area contributed by atoms with Crippen LogP contribution >= 0.6 is 22.6 Å². The molecule has 26 heavy (non-hydrogen) atoms. The van der Waals surface area contributed by atoms with Gasteiger partial charge in [-0.15, -0.1) is 0 Å². The molecule has 0 atom stereocenters. The molecule has 0 unspecified atom stereocenters. The molecule has 0 aliphatic carbocycles. The van der Waals surface area contributed by atoms with Crippen molar-refractivity contribution in [3.63, 3.8) is 0 Å². The molecule has 0 amide bonds. The van der Waals surface area contributed by atoms with Gasteiger partial charge < -0.3 is 9.64 Å². The van der Waals surface area contributed by atoms with Gasteiger partial charge in [-0.1, -0.05) is 18.2 Å². The van der Waals surface area contributed by atoms with Gasteiger partial charge in [0.05, 0.1) is 6.10 Å². The zero-order valence-electron chi connectivity index (χ0n) is 15.9. The highest BCUT2D eigenvalue weighted by atomic mass is 127. The summed E-state index contributed by atoms with van der Waals surface area (Å²) in [4.78, 5) is 9.46. The normalized spacial score (nSPS) is 16.0. The number of hydrogen-bond donors (Lipinski definition) is 0.